The average molecular weight is 344 g/mol. The van der Waals surface area contributed by atoms with Crippen molar-refractivity contribution in [1.82, 2.24) is 0 Å². The van der Waals surface area contributed by atoms with E-state index in [9.17, 15) is 5.11 Å². The van der Waals surface area contributed by atoms with Crippen LogP contribution < -0.4 is 0 Å². The van der Waals surface area contributed by atoms with Crippen LogP contribution >= 0.6 is 33.9 Å². The summed E-state index contributed by atoms with van der Waals surface area (Å²) in [5.74, 6) is 0. The first-order valence-electron chi connectivity index (χ1n) is 5.21. The molecule has 0 radical (unpaired) electrons. The van der Waals surface area contributed by atoms with Gasteiger partial charge in [-0.05, 0) is 57.1 Å². The van der Waals surface area contributed by atoms with Crippen molar-refractivity contribution in [3.05, 3.63) is 55.3 Å². The molecule has 1 unspecified atom stereocenters. The van der Waals surface area contributed by atoms with Crippen molar-refractivity contribution in [2.45, 2.75) is 19.4 Å². The average Bonchev–Trinajstić information content (AvgIpc) is 2.75. The maximum Gasteiger partial charge on any atom is 0.105 e. The Labute approximate surface area is 113 Å². The van der Waals surface area contributed by atoms with Crippen molar-refractivity contribution in [3.63, 3.8) is 0 Å². The molecule has 16 heavy (non-hydrogen) atoms. The number of rotatable bonds is 3. The maximum absolute atomic E-state index is 10.2. The van der Waals surface area contributed by atoms with Gasteiger partial charge in [0.05, 0.1) is 2.88 Å². The molecule has 0 bridgehead atoms. The van der Waals surface area contributed by atoms with Crippen molar-refractivity contribution in [3.8, 4) is 0 Å². The summed E-state index contributed by atoms with van der Waals surface area (Å²) in [7, 11) is 0. The second kappa shape index (κ2) is 5.29. The molecule has 0 fully saturated rings. The summed E-state index contributed by atoms with van der Waals surface area (Å²) in [5.41, 5.74) is 3.25. The molecule has 0 amide bonds. The Hall–Kier alpha value is -0.390. The molecular weight excluding hydrogens is 331 g/mol. The van der Waals surface area contributed by atoms with Gasteiger partial charge in [-0.3, -0.25) is 0 Å². The predicted octanol–water partition coefficient (Wildman–Crippen LogP) is 4.00. The molecule has 1 nitrogen and oxygen atoms in total. The van der Waals surface area contributed by atoms with Gasteiger partial charge < -0.3 is 5.11 Å². The zero-order chi connectivity index (χ0) is 11.5. The van der Waals surface area contributed by atoms with Crippen LogP contribution in [0.15, 0.2) is 35.7 Å². The minimum Gasteiger partial charge on any atom is -0.384 e. The normalized spacial score (nSPS) is 12.7. The van der Waals surface area contributed by atoms with E-state index in [-0.39, 0.29) is 0 Å². The zero-order valence-electron chi connectivity index (χ0n) is 8.98. The van der Waals surface area contributed by atoms with Crippen molar-refractivity contribution in [1.29, 1.82) is 0 Å². The summed E-state index contributed by atoms with van der Waals surface area (Å²) >= 11 is 3.93. The van der Waals surface area contributed by atoms with E-state index in [0.29, 0.717) is 0 Å². The smallest absolute Gasteiger partial charge is 0.105 e. The molecule has 0 aliphatic heterocycles. The predicted molar refractivity (Wildman–Crippen MR) is 76.9 cm³/mol. The Kier molecular flexibility index (Phi) is 4.00. The second-order valence-electron chi connectivity index (χ2n) is 3.68. The Morgan fingerprint density at radius 1 is 1.25 bits per heavy atom. The van der Waals surface area contributed by atoms with Crippen LogP contribution in [0.25, 0.3) is 0 Å². The first kappa shape index (κ1) is 12.1. The van der Waals surface area contributed by atoms with Gasteiger partial charge in [-0.15, -0.1) is 11.3 Å². The van der Waals surface area contributed by atoms with E-state index in [1.54, 1.807) is 11.3 Å². The molecule has 0 aliphatic rings. The Balaban J connectivity index is 2.23. The van der Waals surface area contributed by atoms with Crippen LogP contribution in [0.5, 0.6) is 0 Å². The van der Waals surface area contributed by atoms with Crippen LogP contribution in [0.4, 0.5) is 0 Å². The van der Waals surface area contributed by atoms with Crippen LogP contribution in [-0.2, 0) is 6.42 Å². The third-order valence-electron chi connectivity index (χ3n) is 2.61. The first-order chi connectivity index (χ1) is 7.70. The van der Waals surface area contributed by atoms with E-state index in [1.807, 2.05) is 23.6 Å². The standard InChI is InChI=1S/C13H13IOS/c1-2-9-3-5-10(6-4-9)13(15)11-7-12(14)16-8-11/h3-8,13,15H,2H2,1H3. The molecule has 0 saturated heterocycles. The molecular formula is C13H13IOS. The molecule has 0 aliphatic carbocycles. The fourth-order valence-electron chi connectivity index (χ4n) is 1.59. The Morgan fingerprint density at radius 2 is 1.94 bits per heavy atom. The molecule has 1 aromatic heterocycles. The molecule has 0 saturated carbocycles. The fourth-order valence-corrected chi connectivity index (χ4v) is 2.99. The third kappa shape index (κ3) is 2.64. The van der Waals surface area contributed by atoms with Crippen molar-refractivity contribution in [2.24, 2.45) is 0 Å². The van der Waals surface area contributed by atoms with Crippen LogP contribution in [0.1, 0.15) is 29.7 Å². The lowest BCUT2D eigenvalue weighted by Gasteiger charge is -2.09. The second-order valence-corrected chi connectivity index (χ2v) is 6.49. The Bertz CT molecular complexity index is 461. The van der Waals surface area contributed by atoms with Crippen LogP contribution in [0.2, 0.25) is 0 Å². The van der Waals surface area contributed by atoms with Crippen molar-refractivity contribution >= 4 is 33.9 Å². The van der Waals surface area contributed by atoms with Gasteiger partial charge in [0.2, 0.25) is 0 Å². The SMILES string of the molecule is CCc1ccc(C(O)c2csc(I)c2)cc1. The minimum absolute atomic E-state index is 0.495. The summed E-state index contributed by atoms with van der Waals surface area (Å²) in [6.07, 6.45) is 0.540. The molecule has 3 heteroatoms. The number of aliphatic hydroxyl groups excluding tert-OH is 1. The van der Waals surface area contributed by atoms with E-state index in [4.69, 9.17) is 0 Å². The molecule has 1 aromatic carbocycles. The highest BCUT2D eigenvalue weighted by Crippen LogP contribution is 2.27. The number of benzene rings is 1. The number of thiophene rings is 1. The molecule has 1 heterocycles. The highest BCUT2D eigenvalue weighted by molar-refractivity contribution is 14.1. The largest absolute Gasteiger partial charge is 0.384 e. The van der Waals surface area contributed by atoms with Gasteiger partial charge in [-0.2, -0.15) is 0 Å². The summed E-state index contributed by atoms with van der Waals surface area (Å²) < 4.78 is 1.21. The van der Waals surface area contributed by atoms with E-state index in [0.717, 1.165) is 17.5 Å². The van der Waals surface area contributed by atoms with Gasteiger partial charge in [0.15, 0.2) is 0 Å². The number of hydrogen-bond donors (Lipinski definition) is 1. The van der Waals surface area contributed by atoms with Crippen molar-refractivity contribution in [2.75, 3.05) is 0 Å². The van der Waals surface area contributed by atoms with E-state index >= 15 is 0 Å². The topological polar surface area (TPSA) is 20.2 Å². The summed E-state index contributed by atoms with van der Waals surface area (Å²) in [5, 5.41) is 12.2. The molecule has 0 spiro atoms. The monoisotopic (exact) mass is 344 g/mol. The van der Waals surface area contributed by atoms with Crippen LogP contribution in [-0.4, -0.2) is 5.11 Å². The van der Waals surface area contributed by atoms with Crippen molar-refractivity contribution < 1.29 is 5.11 Å². The van der Waals surface area contributed by atoms with E-state index in [2.05, 4.69) is 41.6 Å². The molecule has 1 N–H and O–H groups in total. The summed E-state index contributed by atoms with van der Waals surface area (Å²) in [6, 6.07) is 10.2. The Morgan fingerprint density at radius 3 is 2.44 bits per heavy atom. The third-order valence-corrected chi connectivity index (χ3v) is 4.41. The molecule has 1 atom stereocenters. The molecule has 2 rings (SSSR count). The van der Waals surface area contributed by atoms with Gasteiger partial charge in [0, 0.05) is 0 Å². The number of halogens is 1. The van der Waals surface area contributed by atoms with Gasteiger partial charge in [0.25, 0.3) is 0 Å². The quantitative estimate of drug-likeness (QED) is 0.835. The number of aliphatic hydroxyl groups is 1. The van der Waals surface area contributed by atoms with E-state index in [1.165, 1.54) is 8.45 Å². The summed E-state index contributed by atoms with van der Waals surface area (Å²) in [4.78, 5) is 0. The van der Waals surface area contributed by atoms with Gasteiger partial charge in [-0.25, -0.2) is 0 Å². The molecule has 2 aromatic rings. The fraction of sp³-hybridized carbons (Fsp3) is 0.231. The van der Waals surface area contributed by atoms with Gasteiger partial charge >= 0.3 is 0 Å². The lowest BCUT2D eigenvalue weighted by atomic mass is 10.0. The lowest BCUT2D eigenvalue weighted by molar-refractivity contribution is 0.221. The number of aryl methyl sites for hydroxylation is 1. The summed E-state index contributed by atoms with van der Waals surface area (Å²) in [6.45, 7) is 2.13. The van der Waals surface area contributed by atoms with Crippen LogP contribution in [0, 0.1) is 2.88 Å². The molecule has 84 valence electrons. The van der Waals surface area contributed by atoms with Gasteiger partial charge in [-0.1, -0.05) is 31.2 Å². The van der Waals surface area contributed by atoms with E-state index < -0.39 is 6.10 Å². The zero-order valence-corrected chi connectivity index (χ0v) is 12.0. The highest BCUT2D eigenvalue weighted by Gasteiger charge is 2.11. The van der Waals surface area contributed by atoms with Crippen LogP contribution in [0.3, 0.4) is 0 Å². The maximum atomic E-state index is 10.2. The highest BCUT2D eigenvalue weighted by atomic mass is 127. The van der Waals surface area contributed by atoms with Gasteiger partial charge in [0.1, 0.15) is 6.10 Å². The minimum atomic E-state index is -0.495. The first-order valence-corrected chi connectivity index (χ1v) is 7.17. The number of hydrogen-bond acceptors (Lipinski definition) is 2. The lowest BCUT2D eigenvalue weighted by Crippen LogP contribution is -1.97.